The molecule has 2 aliphatic rings. The molecule has 2 heterocycles. The highest BCUT2D eigenvalue weighted by Crippen LogP contribution is 2.29. The van der Waals surface area contributed by atoms with Gasteiger partial charge in [-0.25, -0.2) is 9.07 Å². The van der Waals surface area contributed by atoms with Crippen LogP contribution in [0.4, 0.5) is 15.8 Å². The van der Waals surface area contributed by atoms with Gasteiger partial charge in [-0.2, -0.15) is 0 Å². The van der Waals surface area contributed by atoms with Gasteiger partial charge >= 0.3 is 0 Å². The van der Waals surface area contributed by atoms with Gasteiger partial charge in [0.1, 0.15) is 23.9 Å². The van der Waals surface area contributed by atoms with Gasteiger partial charge < -0.3 is 19.9 Å². The molecule has 10 heteroatoms. The summed E-state index contributed by atoms with van der Waals surface area (Å²) < 4.78 is 20.8. The number of para-hydroxylation sites is 1. The summed E-state index contributed by atoms with van der Waals surface area (Å²) in [7, 11) is 0. The van der Waals surface area contributed by atoms with E-state index in [2.05, 4.69) is 32.7 Å². The number of hydrogen-bond acceptors (Lipinski definition) is 6. The van der Waals surface area contributed by atoms with Crippen LogP contribution < -0.4 is 10.2 Å². The van der Waals surface area contributed by atoms with Crippen molar-refractivity contribution in [2.24, 2.45) is 5.92 Å². The molecule has 0 bridgehead atoms. The molecular weight excluding hydrogens is 547 g/mol. The number of fused-ring (bicyclic) bond motifs is 1. The Morgan fingerprint density at radius 2 is 1.77 bits per heavy atom. The van der Waals surface area contributed by atoms with Crippen molar-refractivity contribution in [3.05, 3.63) is 96.3 Å². The van der Waals surface area contributed by atoms with Crippen molar-refractivity contribution in [3.63, 3.8) is 0 Å². The maximum Gasteiger partial charge on any atom is 0.247 e. The molecular formula is C33H35FN6O3. The second-order valence-electron chi connectivity index (χ2n) is 11.0. The third-order valence-electron chi connectivity index (χ3n) is 8.16. The summed E-state index contributed by atoms with van der Waals surface area (Å²) in [6.45, 7) is 3.11. The standard InChI is InChI=1S/C33H35FN6O3/c34-26-12-10-24(11-13-26)22-39(31(41)23-40-30-9-5-4-8-29(30)36-37-40)32(25-6-2-1-3-7-25)33(42)35-27-14-16-28(17-15-27)38-18-20-43-21-19-38/h1-2,4-5,8-17,25,32H,3,6-7,18-23H2,(H,35,42)/t25-,32+/m0/s1. The molecule has 1 aliphatic carbocycles. The number of carbonyl (C=O) groups excluding carboxylic acids is 2. The number of allylic oxidation sites excluding steroid dienone is 2. The third-order valence-corrected chi connectivity index (χ3v) is 8.16. The molecule has 1 N–H and O–H groups in total. The molecule has 2 atom stereocenters. The summed E-state index contributed by atoms with van der Waals surface area (Å²) in [5.41, 5.74) is 3.89. The van der Waals surface area contributed by atoms with Crippen LogP contribution in [0.3, 0.4) is 0 Å². The third kappa shape index (κ3) is 6.75. The van der Waals surface area contributed by atoms with Crippen molar-refractivity contribution in [1.82, 2.24) is 19.9 Å². The molecule has 1 fully saturated rings. The summed E-state index contributed by atoms with van der Waals surface area (Å²) in [5.74, 6) is -0.965. The smallest absolute Gasteiger partial charge is 0.247 e. The van der Waals surface area contributed by atoms with Gasteiger partial charge in [-0.3, -0.25) is 9.59 Å². The molecule has 2 amide bonds. The van der Waals surface area contributed by atoms with Gasteiger partial charge in [-0.05, 0) is 79.3 Å². The van der Waals surface area contributed by atoms with Gasteiger partial charge in [-0.1, -0.05) is 41.6 Å². The van der Waals surface area contributed by atoms with E-state index in [-0.39, 0.29) is 36.6 Å². The highest BCUT2D eigenvalue weighted by atomic mass is 19.1. The Morgan fingerprint density at radius 1 is 1.00 bits per heavy atom. The van der Waals surface area contributed by atoms with Gasteiger partial charge in [0.15, 0.2) is 0 Å². The molecule has 43 heavy (non-hydrogen) atoms. The van der Waals surface area contributed by atoms with E-state index in [9.17, 15) is 14.0 Å². The van der Waals surface area contributed by atoms with Crippen LogP contribution in [0.2, 0.25) is 0 Å². The number of morpholine rings is 1. The van der Waals surface area contributed by atoms with Crippen LogP contribution >= 0.6 is 0 Å². The monoisotopic (exact) mass is 582 g/mol. The summed E-state index contributed by atoms with van der Waals surface area (Å²) in [4.78, 5) is 32.2. The van der Waals surface area contributed by atoms with Gasteiger partial charge in [0, 0.05) is 31.0 Å². The number of aromatic nitrogens is 3. The largest absolute Gasteiger partial charge is 0.378 e. The lowest BCUT2D eigenvalue weighted by molar-refractivity contribution is -0.142. The summed E-state index contributed by atoms with van der Waals surface area (Å²) in [6.07, 6.45) is 6.47. The lowest BCUT2D eigenvalue weighted by Gasteiger charge is -2.37. The number of rotatable bonds is 9. The fraction of sp³-hybridized carbons (Fsp3) is 0.333. The molecule has 0 unspecified atom stereocenters. The second kappa shape index (κ2) is 13.2. The van der Waals surface area contributed by atoms with Crippen LogP contribution in [-0.4, -0.2) is 64.1 Å². The number of ether oxygens (including phenoxy) is 1. The first-order valence-electron chi connectivity index (χ1n) is 14.8. The molecule has 1 aromatic heterocycles. The minimum Gasteiger partial charge on any atom is -0.378 e. The zero-order valence-electron chi connectivity index (χ0n) is 23.9. The van der Waals surface area contributed by atoms with E-state index in [1.54, 1.807) is 21.7 Å². The molecule has 0 radical (unpaired) electrons. The fourth-order valence-corrected chi connectivity index (χ4v) is 5.89. The molecule has 9 nitrogen and oxygen atoms in total. The quantitative estimate of drug-likeness (QED) is 0.285. The van der Waals surface area contributed by atoms with Crippen LogP contribution in [0, 0.1) is 11.7 Å². The van der Waals surface area contributed by atoms with Crippen LogP contribution in [0.25, 0.3) is 11.0 Å². The lowest BCUT2D eigenvalue weighted by atomic mass is 9.85. The minimum atomic E-state index is -0.754. The Hall–Kier alpha value is -4.57. The number of nitrogens with one attached hydrogen (secondary N) is 1. The average Bonchev–Trinajstić information content (AvgIpc) is 3.45. The number of benzene rings is 3. The van der Waals surface area contributed by atoms with Crippen molar-refractivity contribution < 1.29 is 18.7 Å². The minimum absolute atomic E-state index is 0.0811. The number of nitrogens with zero attached hydrogens (tertiary/aromatic N) is 5. The summed E-state index contributed by atoms with van der Waals surface area (Å²) in [5, 5.41) is 11.5. The highest BCUT2D eigenvalue weighted by molar-refractivity contribution is 5.97. The van der Waals surface area contributed by atoms with Crippen molar-refractivity contribution in [2.75, 3.05) is 36.5 Å². The van der Waals surface area contributed by atoms with E-state index in [1.807, 2.05) is 48.5 Å². The van der Waals surface area contributed by atoms with Crippen molar-refractivity contribution in [2.45, 2.75) is 38.4 Å². The predicted octanol–water partition coefficient (Wildman–Crippen LogP) is 4.80. The predicted molar refractivity (Wildman–Crippen MR) is 163 cm³/mol. The van der Waals surface area contributed by atoms with Crippen LogP contribution in [0.5, 0.6) is 0 Å². The van der Waals surface area contributed by atoms with Gasteiger partial charge in [-0.15, -0.1) is 5.10 Å². The molecule has 1 saturated heterocycles. The normalized spacial score (nSPS) is 17.5. The fourth-order valence-electron chi connectivity index (χ4n) is 5.89. The van der Waals surface area contributed by atoms with E-state index in [0.717, 1.165) is 42.7 Å². The Labute approximate surface area is 249 Å². The summed E-state index contributed by atoms with van der Waals surface area (Å²) >= 11 is 0. The summed E-state index contributed by atoms with van der Waals surface area (Å²) in [6, 6.07) is 20.5. The van der Waals surface area contributed by atoms with Crippen molar-refractivity contribution in [3.8, 4) is 0 Å². The van der Waals surface area contributed by atoms with Crippen LogP contribution in [-0.2, 0) is 27.4 Å². The Morgan fingerprint density at radius 3 is 2.51 bits per heavy atom. The maximum absolute atomic E-state index is 14.2. The molecule has 0 spiro atoms. The second-order valence-corrected chi connectivity index (χ2v) is 11.0. The Balaban J connectivity index is 1.29. The molecule has 0 saturated carbocycles. The first-order valence-corrected chi connectivity index (χ1v) is 14.8. The van der Waals surface area contributed by atoms with Crippen molar-refractivity contribution in [1.29, 1.82) is 0 Å². The van der Waals surface area contributed by atoms with Gasteiger partial charge in [0.25, 0.3) is 0 Å². The first kappa shape index (κ1) is 28.5. The number of anilines is 2. The maximum atomic E-state index is 14.2. The van der Waals surface area contributed by atoms with Gasteiger partial charge in [0.2, 0.25) is 11.8 Å². The van der Waals surface area contributed by atoms with Crippen LogP contribution in [0.1, 0.15) is 24.8 Å². The first-order chi connectivity index (χ1) is 21.0. The molecule has 4 aromatic rings. The molecule has 3 aromatic carbocycles. The van der Waals surface area contributed by atoms with Crippen LogP contribution in [0.15, 0.2) is 84.9 Å². The van der Waals surface area contributed by atoms with E-state index >= 15 is 0 Å². The molecule has 6 rings (SSSR count). The highest BCUT2D eigenvalue weighted by Gasteiger charge is 2.37. The molecule has 222 valence electrons. The molecule has 1 aliphatic heterocycles. The number of hydrogen-bond donors (Lipinski definition) is 1. The van der Waals surface area contributed by atoms with Gasteiger partial charge in [0.05, 0.1) is 18.7 Å². The SMILES string of the molecule is O=C(Nc1ccc(N2CCOCC2)cc1)[C@@H]([C@H]1CC=CCC1)N(Cc1ccc(F)cc1)C(=O)Cn1nnc2ccccc21. The van der Waals surface area contributed by atoms with E-state index in [1.165, 1.54) is 12.1 Å². The van der Waals surface area contributed by atoms with Crippen molar-refractivity contribution >= 4 is 34.2 Å². The lowest BCUT2D eigenvalue weighted by Crippen LogP contribution is -2.52. The number of halogens is 1. The average molecular weight is 583 g/mol. The number of amides is 2. The van der Waals surface area contributed by atoms with E-state index in [4.69, 9.17) is 4.74 Å². The topological polar surface area (TPSA) is 92.6 Å². The Kier molecular flexibility index (Phi) is 8.74. The zero-order chi connectivity index (χ0) is 29.6. The van der Waals surface area contributed by atoms with E-state index < -0.39 is 6.04 Å². The Bertz CT molecular complexity index is 1580. The van der Waals surface area contributed by atoms with E-state index in [0.29, 0.717) is 30.8 Å². The number of carbonyl (C=O) groups is 2. The zero-order valence-corrected chi connectivity index (χ0v) is 23.9.